The molecule has 2 heterocycles. The number of alkyl halides is 3. The van der Waals surface area contributed by atoms with E-state index in [1.54, 1.807) is 6.07 Å². The van der Waals surface area contributed by atoms with Crippen molar-refractivity contribution in [2.45, 2.75) is 12.7 Å². The lowest BCUT2D eigenvalue weighted by atomic mass is 10.2. The quantitative estimate of drug-likeness (QED) is 0.597. The minimum absolute atomic E-state index is 0.00101. The third-order valence-electron chi connectivity index (χ3n) is 3.69. The first-order valence-corrected chi connectivity index (χ1v) is 8.32. The Balaban J connectivity index is 2.11. The first kappa shape index (κ1) is 20.9. The summed E-state index contributed by atoms with van der Waals surface area (Å²) in [5, 5.41) is 13.4. The van der Waals surface area contributed by atoms with E-state index < -0.39 is 40.7 Å². The Kier molecular flexibility index (Phi) is 5.48. The van der Waals surface area contributed by atoms with Crippen LogP contribution in [0.5, 0.6) is 11.5 Å². The van der Waals surface area contributed by atoms with Gasteiger partial charge in [-0.2, -0.15) is 18.4 Å². The van der Waals surface area contributed by atoms with Crippen LogP contribution in [0.25, 0.3) is 0 Å². The van der Waals surface area contributed by atoms with E-state index >= 15 is 0 Å². The van der Waals surface area contributed by atoms with Crippen LogP contribution in [0.1, 0.15) is 17.0 Å². The minimum Gasteiger partial charge on any atom is -0.449 e. The summed E-state index contributed by atoms with van der Waals surface area (Å²) < 4.78 is 45.9. The lowest BCUT2D eigenvalue weighted by molar-refractivity contribution is -0.142. The zero-order valence-corrected chi connectivity index (χ0v) is 15.3. The third kappa shape index (κ3) is 4.41. The smallest absolute Gasteiger partial charge is 0.437 e. The van der Waals surface area contributed by atoms with Crippen molar-refractivity contribution in [1.82, 2.24) is 19.7 Å². The molecule has 13 heteroatoms. The maximum absolute atomic E-state index is 13.4. The van der Waals surface area contributed by atoms with Gasteiger partial charge in [0.05, 0.1) is 30.2 Å². The Morgan fingerprint density at radius 2 is 1.90 bits per heavy atom. The van der Waals surface area contributed by atoms with Gasteiger partial charge < -0.3 is 9.84 Å². The fourth-order valence-corrected chi connectivity index (χ4v) is 2.63. The Labute approximate surface area is 168 Å². The average Bonchev–Trinajstić information content (AvgIpc) is 2.66. The summed E-state index contributed by atoms with van der Waals surface area (Å²) in [4.78, 5) is 38.5. The second-order valence-electron chi connectivity index (χ2n) is 5.86. The molecule has 154 valence electrons. The second-order valence-corrected chi connectivity index (χ2v) is 6.29. The van der Waals surface area contributed by atoms with Gasteiger partial charge in [-0.05, 0) is 18.2 Å². The molecule has 1 aromatic carbocycles. The number of aromatic nitrogens is 4. The van der Waals surface area contributed by atoms with Crippen molar-refractivity contribution in [3.8, 4) is 17.6 Å². The molecule has 0 saturated heterocycles. The highest BCUT2D eigenvalue weighted by Gasteiger charge is 2.38. The predicted molar refractivity (Wildman–Crippen MR) is 96.5 cm³/mol. The molecule has 0 bridgehead atoms. The highest BCUT2D eigenvalue weighted by atomic mass is 35.5. The maximum atomic E-state index is 13.4. The predicted octanol–water partition coefficient (Wildman–Crippen LogP) is 2.00. The van der Waals surface area contributed by atoms with Gasteiger partial charge in [-0.25, -0.2) is 4.98 Å². The molecule has 0 unspecified atom stereocenters. The van der Waals surface area contributed by atoms with Crippen LogP contribution in [-0.4, -0.2) is 19.7 Å². The second kappa shape index (κ2) is 7.88. The zero-order chi connectivity index (χ0) is 22.1. The Hall–Kier alpha value is -3.85. The molecule has 3 rings (SSSR count). The standard InChI is InChI=1S/C17H9ClF3N5O4/c18-9-1-8(5-22)2-11(3-9)30-13-14(17(19,20)21)23-7-26(16(13)29)6-10-4-12(27)15(28)25-24-10/h1-4,7H,6H2,(H,24,27)(H,25,28). The lowest BCUT2D eigenvalue weighted by Crippen LogP contribution is -2.30. The molecule has 30 heavy (non-hydrogen) atoms. The van der Waals surface area contributed by atoms with Gasteiger partial charge in [-0.1, -0.05) is 11.6 Å². The molecule has 2 N–H and O–H groups in total. The van der Waals surface area contributed by atoms with Gasteiger partial charge >= 0.3 is 11.7 Å². The van der Waals surface area contributed by atoms with E-state index in [0.29, 0.717) is 6.33 Å². The fraction of sp³-hybridized carbons (Fsp3) is 0.118. The molecule has 0 radical (unpaired) electrons. The van der Waals surface area contributed by atoms with Gasteiger partial charge in [-0.15, -0.1) is 0 Å². The molecule has 0 atom stereocenters. The minimum atomic E-state index is -5.02. The molecule has 0 spiro atoms. The number of H-pyrrole nitrogens is 2. The average molecular weight is 440 g/mol. The van der Waals surface area contributed by atoms with Crippen molar-refractivity contribution < 1.29 is 17.9 Å². The number of hydrogen-bond acceptors (Lipinski definition) is 6. The number of nitrogens with zero attached hydrogens (tertiary/aromatic N) is 3. The summed E-state index contributed by atoms with van der Waals surface area (Å²) in [6, 6.07) is 6.13. The zero-order valence-electron chi connectivity index (χ0n) is 14.6. The summed E-state index contributed by atoms with van der Waals surface area (Å²) in [6.45, 7) is -0.411. The van der Waals surface area contributed by atoms with Crippen LogP contribution in [0.2, 0.25) is 5.02 Å². The summed E-state index contributed by atoms with van der Waals surface area (Å²) in [5.41, 5.74) is -4.61. The molecule has 0 amide bonds. The SMILES string of the molecule is N#Cc1cc(Cl)cc(Oc2c(C(F)(F)F)ncn(Cc3cc(=O)c(=O)[nH][nH]3)c2=O)c1. The van der Waals surface area contributed by atoms with Crippen LogP contribution >= 0.6 is 11.6 Å². The highest BCUT2D eigenvalue weighted by Crippen LogP contribution is 2.35. The molecule has 0 saturated carbocycles. The van der Waals surface area contributed by atoms with Gasteiger partial charge in [0.1, 0.15) is 5.75 Å². The van der Waals surface area contributed by atoms with Crippen LogP contribution in [0, 0.1) is 11.3 Å². The molecular formula is C17H9ClF3N5O4. The van der Waals surface area contributed by atoms with Crippen molar-refractivity contribution in [3.63, 3.8) is 0 Å². The van der Waals surface area contributed by atoms with E-state index in [-0.39, 0.29) is 22.0 Å². The fourth-order valence-electron chi connectivity index (χ4n) is 2.41. The number of halogens is 4. The van der Waals surface area contributed by atoms with Gasteiger partial charge in [0.25, 0.3) is 5.56 Å². The molecule has 9 nitrogen and oxygen atoms in total. The van der Waals surface area contributed by atoms with Crippen LogP contribution in [0.15, 0.2) is 45.0 Å². The first-order valence-electron chi connectivity index (χ1n) is 7.94. The molecule has 0 fully saturated rings. The molecule has 3 aromatic rings. The lowest BCUT2D eigenvalue weighted by Gasteiger charge is -2.14. The van der Waals surface area contributed by atoms with Gasteiger partial charge in [0.2, 0.25) is 11.2 Å². The molecular weight excluding hydrogens is 431 g/mol. The molecule has 0 aliphatic heterocycles. The van der Waals surface area contributed by atoms with E-state index in [1.165, 1.54) is 6.07 Å². The Bertz CT molecular complexity index is 1340. The first-order chi connectivity index (χ1) is 14.1. The number of ether oxygens (including phenoxy) is 1. The number of nitriles is 1. The number of hydrogen-bond donors (Lipinski definition) is 2. The normalized spacial score (nSPS) is 11.2. The van der Waals surface area contributed by atoms with Gasteiger partial charge in [0, 0.05) is 11.1 Å². The van der Waals surface area contributed by atoms with Gasteiger partial charge in [-0.3, -0.25) is 24.0 Å². The van der Waals surface area contributed by atoms with Crippen LogP contribution < -0.4 is 21.3 Å². The topological polar surface area (TPSA) is 134 Å². The van der Waals surface area contributed by atoms with Crippen molar-refractivity contribution in [2.24, 2.45) is 0 Å². The molecule has 0 aliphatic carbocycles. The number of rotatable bonds is 4. The number of benzene rings is 1. The van der Waals surface area contributed by atoms with E-state index in [9.17, 15) is 27.6 Å². The molecule has 0 aliphatic rings. The summed E-state index contributed by atoms with van der Waals surface area (Å²) in [6.07, 6.45) is -4.39. The Morgan fingerprint density at radius 1 is 1.17 bits per heavy atom. The molecule has 2 aromatic heterocycles. The van der Waals surface area contributed by atoms with E-state index in [0.717, 1.165) is 22.8 Å². The maximum Gasteiger partial charge on any atom is 0.437 e. The van der Waals surface area contributed by atoms with Crippen LogP contribution in [-0.2, 0) is 12.7 Å². The Morgan fingerprint density at radius 3 is 2.53 bits per heavy atom. The van der Waals surface area contributed by atoms with Gasteiger partial charge in [0.15, 0.2) is 5.69 Å². The third-order valence-corrected chi connectivity index (χ3v) is 3.91. The summed E-state index contributed by atoms with van der Waals surface area (Å²) >= 11 is 5.82. The van der Waals surface area contributed by atoms with Crippen molar-refractivity contribution >= 4 is 11.6 Å². The highest BCUT2D eigenvalue weighted by molar-refractivity contribution is 6.30. The van der Waals surface area contributed by atoms with E-state index in [2.05, 4.69) is 10.1 Å². The van der Waals surface area contributed by atoms with Crippen molar-refractivity contribution in [1.29, 1.82) is 5.26 Å². The van der Waals surface area contributed by atoms with E-state index in [4.69, 9.17) is 21.6 Å². The number of aromatic amines is 2. The monoisotopic (exact) mass is 439 g/mol. The van der Waals surface area contributed by atoms with Crippen LogP contribution in [0.3, 0.4) is 0 Å². The van der Waals surface area contributed by atoms with Crippen molar-refractivity contribution in [3.05, 3.63) is 83.5 Å². The van der Waals surface area contributed by atoms with Crippen LogP contribution in [0.4, 0.5) is 13.2 Å². The number of nitrogens with one attached hydrogen (secondary N) is 2. The largest absolute Gasteiger partial charge is 0.449 e. The summed E-state index contributed by atoms with van der Waals surface area (Å²) in [5.74, 6) is -1.43. The van der Waals surface area contributed by atoms with E-state index in [1.807, 2.05) is 5.10 Å². The summed E-state index contributed by atoms with van der Waals surface area (Å²) in [7, 11) is 0. The van der Waals surface area contributed by atoms with Crippen molar-refractivity contribution in [2.75, 3.05) is 0 Å².